The molecule has 0 bridgehead atoms. The third-order valence-electron chi connectivity index (χ3n) is 3.51. The summed E-state index contributed by atoms with van der Waals surface area (Å²) in [5.41, 5.74) is 1.98. The van der Waals surface area contributed by atoms with Gasteiger partial charge in [0, 0.05) is 12.0 Å². The van der Waals surface area contributed by atoms with Crippen molar-refractivity contribution in [1.29, 1.82) is 0 Å². The minimum Gasteiger partial charge on any atom is -0.276 e. The molecule has 2 saturated carbocycles. The maximum Gasteiger partial charge on any atom is 0.271 e. The van der Waals surface area contributed by atoms with Crippen LogP contribution in [0.25, 0.3) is 5.65 Å². The van der Waals surface area contributed by atoms with Gasteiger partial charge in [-0.15, -0.1) is 0 Å². The van der Waals surface area contributed by atoms with Gasteiger partial charge in [0.1, 0.15) is 5.82 Å². The van der Waals surface area contributed by atoms with E-state index in [-0.39, 0.29) is 5.56 Å². The summed E-state index contributed by atoms with van der Waals surface area (Å²) in [6.45, 7) is 0. The highest BCUT2D eigenvalue weighted by molar-refractivity contribution is 5.43. The number of hydrogen-bond acceptors (Lipinski definition) is 2. The number of pyridine rings is 1. The van der Waals surface area contributed by atoms with Gasteiger partial charge in [-0.05, 0) is 43.2 Å². The van der Waals surface area contributed by atoms with E-state index in [0.29, 0.717) is 11.8 Å². The first kappa shape index (κ1) is 8.56. The predicted octanol–water partition coefficient (Wildman–Crippen LogP) is 1.78. The predicted molar refractivity (Wildman–Crippen MR) is 59.8 cm³/mol. The number of nitrogens with one attached hydrogen (secondary N) is 1. The molecule has 0 radical (unpaired) electrons. The summed E-state index contributed by atoms with van der Waals surface area (Å²) >= 11 is 0. The van der Waals surface area contributed by atoms with Gasteiger partial charge >= 0.3 is 0 Å². The van der Waals surface area contributed by atoms with Crippen LogP contribution in [0.3, 0.4) is 0 Å². The molecule has 0 saturated heterocycles. The molecule has 0 spiro atoms. The highest BCUT2D eigenvalue weighted by Gasteiger charge is 2.28. The van der Waals surface area contributed by atoms with Gasteiger partial charge in [-0.3, -0.25) is 9.89 Å². The van der Waals surface area contributed by atoms with Crippen LogP contribution in [0.4, 0.5) is 0 Å². The Balaban J connectivity index is 1.93. The second-order valence-corrected chi connectivity index (χ2v) is 4.98. The molecule has 0 unspecified atom stereocenters. The number of hydrogen-bond donors (Lipinski definition) is 1. The first-order valence-electron chi connectivity index (χ1n) is 5.94. The molecule has 2 aromatic heterocycles. The lowest BCUT2D eigenvalue weighted by molar-refractivity contribution is 0.852. The van der Waals surface area contributed by atoms with Crippen molar-refractivity contribution in [3.63, 3.8) is 0 Å². The molecular formula is C12H13N3O. The highest BCUT2D eigenvalue weighted by Crippen LogP contribution is 2.40. The van der Waals surface area contributed by atoms with Crippen LogP contribution in [-0.2, 0) is 0 Å². The Morgan fingerprint density at radius 1 is 1.19 bits per heavy atom. The molecule has 0 aromatic carbocycles. The van der Waals surface area contributed by atoms with Gasteiger partial charge in [0.15, 0.2) is 5.65 Å². The van der Waals surface area contributed by atoms with Crippen LogP contribution in [0, 0.1) is 0 Å². The Bertz CT molecular complexity index is 617. The van der Waals surface area contributed by atoms with E-state index in [1.165, 1.54) is 31.2 Å². The SMILES string of the molecule is O=c1cc(C2CC2)cc2nc(C3CC3)[nH]n12. The zero-order valence-corrected chi connectivity index (χ0v) is 8.94. The summed E-state index contributed by atoms with van der Waals surface area (Å²) in [7, 11) is 0. The Kier molecular flexibility index (Phi) is 1.47. The number of aromatic nitrogens is 3. The molecule has 0 aliphatic heterocycles. The molecule has 2 fully saturated rings. The van der Waals surface area contributed by atoms with Crippen molar-refractivity contribution >= 4 is 5.65 Å². The first-order chi connectivity index (χ1) is 7.81. The smallest absolute Gasteiger partial charge is 0.271 e. The molecular weight excluding hydrogens is 202 g/mol. The second-order valence-electron chi connectivity index (χ2n) is 4.98. The summed E-state index contributed by atoms with van der Waals surface area (Å²) in [5, 5.41) is 3.11. The lowest BCUT2D eigenvalue weighted by Gasteiger charge is -1.96. The van der Waals surface area contributed by atoms with E-state index in [1.807, 2.05) is 0 Å². The molecule has 2 aliphatic rings. The van der Waals surface area contributed by atoms with Crippen LogP contribution in [0.2, 0.25) is 0 Å². The number of fused-ring (bicyclic) bond motifs is 1. The van der Waals surface area contributed by atoms with Gasteiger partial charge in [-0.1, -0.05) is 0 Å². The number of rotatable bonds is 2. The van der Waals surface area contributed by atoms with E-state index in [1.54, 1.807) is 10.6 Å². The zero-order valence-electron chi connectivity index (χ0n) is 8.94. The topological polar surface area (TPSA) is 50.2 Å². The summed E-state index contributed by atoms with van der Waals surface area (Å²) in [6, 6.07) is 3.81. The summed E-state index contributed by atoms with van der Waals surface area (Å²) < 4.78 is 1.57. The molecule has 82 valence electrons. The fraction of sp³-hybridized carbons (Fsp3) is 0.500. The van der Waals surface area contributed by atoms with Crippen molar-refractivity contribution in [3.05, 3.63) is 33.9 Å². The fourth-order valence-electron chi connectivity index (χ4n) is 2.22. The quantitative estimate of drug-likeness (QED) is 0.830. The molecule has 0 atom stereocenters. The van der Waals surface area contributed by atoms with E-state index in [9.17, 15) is 4.79 Å². The van der Waals surface area contributed by atoms with Gasteiger partial charge in [-0.2, -0.15) is 0 Å². The first-order valence-corrected chi connectivity index (χ1v) is 5.94. The van der Waals surface area contributed by atoms with Crippen molar-refractivity contribution in [2.24, 2.45) is 0 Å². The van der Waals surface area contributed by atoms with Crippen molar-refractivity contribution in [3.8, 4) is 0 Å². The Hall–Kier alpha value is -1.58. The molecule has 1 N–H and O–H groups in total. The molecule has 4 nitrogen and oxygen atoms in total. The zero-order chi connectivity index (χ0) is 10.7. The molecule has 0 amide bonds. The van der Waals surface area contributed by atoms with Crippen molar-refractivity contribution < 1.29 is 0 Å². The molecule has 2 aliphatic carbocycles. The van der Waals surface area contributed by atoms with Crippen LogP contribution in [0.15, 0.2) is 16.9 Å². The highest BCUT2D eigenvalue weighted by atomic mass is 16.1. The van der Waals surface area contributed by atoms with E-state index < -0.39 is 0 Å². The Morgan fingerprint density at radius 2 is 1.94 bits per heavy atom. The Labute approximate surface area is 92.3 Å². The lowest BCUT2D eigenvalue weighted by Crippen LogP contribution is -2.13. The van der Waals surface area contributed by atoms with Crippen LogP contribution >= 0.6 is 0 Å². The minimum atomic E-state index is 0.0267. The van der Waals surface area contributed by atoms with Gasteiger partial charge < -0.3 is 0 Å². The molecule has 4 rings (SSSR count). The normalized spacial score (nSPS) is 20.5. The fourth-order valence-corrected chi connectivity index (χ4v) is 2.22. The van der Waals surface area contributed by atoms with Crippen molar-refractivity contribution in [1.82, 2.24) is 14.6 Å². The van der Waals surface area contributed by atoms with E-state index >= 15 is 0 Å². The average Bonchev–Trinajstić information content (AvgIpc) is 3.14. The summed E-state index contributed by atoms with van der Waals surface area (Å²) in [6.07, 6.45) is 4.83. The van der Waals surface area contributed by atoms with E-state index in [2.05, 4.69) is 16.1 Å². The molecule has 16 heavy (non-hydrogen) atoms. The maximum atomic E-state index is 11.9. The standard InChI is InChI=1S/C12H13N3O/c16-11-6-9(7-1-2-7)5-10-13-12(8-3-4-8)14-15(10)11/h5-8H,1-4H2,(H,13,14). The number of aromatic amines is 1. The van der Waals surface area contributed by atoms with Crippen LogP contribution in [0.1, 0.15) is 48.9 Å². The third kappa shape index (κ3) is 1.22. The van der Waals surface area contributed by atoms with Crippen molar-refractivity contribution in [2.75, 3.05) is 0 Å². The van der Waals surface area contributed by atoms with Crippen LogP contribution in [0.5, 0.6) is 0 Å². The number of H-pyrrole nitrogens is 1. The van der Waals surface area contributed by atoms with Gasteiger partial charge in [0.05, 0.1) is 0 Å². The van der Waals surface area contributed by atoms with E-state index in [0.717, 1.165) is 11.5 Å². The summed E-state index contributed by atoms with van der Waals surface area (Å²) in [5.74, 6) is 2.15. The Morgan fingerprint density at radius 3 is 2.62 bits per heavy atom. The molecule has 4 heteroatoms. The maximum absolute atomic E-state index is 11.9. The molecule has 2 aromatic rings. The van der Waals surface area contributed by atoms with Crippen LogP contribution in [-0.4, -0.2) is 14.6 Å². The number of nitrogens with zero attached hydrogens (tertiary/aromatic N) is 2. The molecule has 2 heterocycles. The van der Waals surface area contributed by atoms with Crippen LogP contribution < -0.4 is 5.56 Å². The lowest BCUT2D eigenvalue weighted by atomic mass is 10.2. The van der Waals surface area contributed by atoms with Gasteiger partial charge in [-0.25, -0.2) is 9.50 Å². The minimum absolute atomic E-state index is 0.0267. The third-order valence-corrected chi connectivity index (χ3v) is 3.51. The average molecular weight is 215 g/mol. The van der Waals surface area contributed by atoms with Crippen molar-refractivity contribution in [2.45, 2.75) is 37.5 Å². The monoisotopic (exact) mass is 215 g/mol. The van der Waals surface area contributed by atoms with Gasteiger partial charge in [0.25, 0.3) is 5.56 Å². The van der Waals surface area contributed by atoms with E-state index in [4.69, 9.17) is 0 Å². The second kappa shape index (κ2) is 2.75. The largest absolute Gasteiger partial charge is 0.276 e. The van der Waals surface area contributed by atoms with Gasteiger partial charge in [0.2, 0.25) is 0 Å². The summed E-state index contributed by atoms with van der Waals surface area (Å²) in [4.78, 5) is 16.4.